The maximum atomic E-state index is 12.8. The van der Waals surface area contributed by atoms with Crippen molar-refractivity contribution in [2.75, 3.05) is 24.5 Å². The molecule has 0 aliphatic carbocycles. The molecule has 0 bridgehead atoms. The van der Waals surface area contributed by atoms with Crippen LogP contribution in [0.1, 0.15) is 48.7 Å². The lowest BCUT2D eigenvalue weighted by molar-refractivity contribution is 0.0735. The molecule has 3 rings (SSSR count). The number of hydrogen-bond acceptors (Lipinski definition) is 3. The summed E-state index contributed by atoms with van der Waals surface area (Å²) in [5.74, 6) is 1.12. The smallest absolute Gasteiger partial charge is 0.254 e. The number of anilines is 1. The second-order valence-electron chi connectivity index (χ2n) is 6.14. The van der Waals surface area contributed by atoms with E-state index in [1.54, 1.807) is 0 Å². The van der Waals surface area contributed by atoms with E-state index >= 15 is 0 Å². The number of rotatable bonds is 5. The van der Waals surface area contributed by atoms with Crippen LogP contribution >= 0.6 is 0 Å². The quantitative estimate of drug-likeness (QED) is 0.837. The highest BCUT2D eigenvalue weighted by atomic mass is 16.2. The van der Waals surface area contributed by atoms with Crippen molar-refractivity contribution in [3.05, 3.63) is 59.8 Å². The number of hydrogen-bond donors (Lipinski definition) is 0. The first kappa shape index (κ1) is 16.5. The van der Waals surface area contributed by atoms with Gasteiger partial charge in [0.05, 0.1) is 6.04 Å². The lowest BCUT2D eigenvalue weighted by atomic mass is 10.1. The molecule has 24 heavy (non-hydrogen) atoms. The summed E-state index contributed by atoms with van der Waals surface area (Å²) in [6.07, 6.45) is 3.99. The van der Waals surface area contributed by atoms with Crippen molar-refractivity contribution >= 4 is 11.7 Å². The van der Waals surface area contributed by atoms with E-state index in [0.29, 0.717) is 0 Å². The molecule has 1 aromatic carbocycles. The van der Waals surface area contributed by atoms with Crippen molar-refractivity contribution in [1.29, 1.82) is 0 Å². The Bertz CT molecular complexity index is 665. The number of amides is 1. The Labute approximate surface area is 144 Å². The molecule has 0 spiro atoms. The van der Waals surface area contributed by atoms with Gasteiger partial charge in [-0.25, -0.2) is 4.98 Å². The van der Waals surface area contributed by atoms with Gasteiger partial charge in [0.15, 0.2) is 0 Å². The fourth-order valence-corrected chi connectivity index (χ4v) is 3.43. The molecule has 2 heterocycles. The van der Waals surface area contributed by atoms with Gasteiger partial charge in [0.2, 0.25) is 0 Å². The van der Waals surface area contributed by atoms with Gasteiger partial charge < -0.3 is 9.80 Å². The molecular weight excluding hydrogens is 298 g/mol. The highest BCUT2D eigenvalue weighted by Crippen LogP contribution is 2.33. The van der Waals surface area contributed by atoms with E-state index in [4.69, 9.17) is 0 Å². The number of pyridine rings is 1. The first-order valence-corrected chi connectivity index (χ1v) is 8.81. The minimum Gasteiger partial charge on any atom is -0.357 e. The summed E-state index contributed by atoms with van der Waals surface area (Å²) >= 11 is 0. The third kappa shape index (κ3) is 3.28. The second-order valence-corrected chi connectivity index (χ2v) is 6.14. The van der Waals surface area contributed by atoms with Crippen molar-refractivity contribution in [3.63, 3.8) is 0 Å². The largest absolute Gasteiger partial charge is 0.357 e. The minimum absolute atomic E-state index is 0.117. The zero-order valence-electron chi connectivity index (χ0n) is 14.5. The molecule has 1 saturated heterocycles. The van der Waals surface area contributed by atoms with E-state index in [9.17, 15) is 4.79 Å². The Kier molecular flexibility index (Phi) is 5.14. The average molecular weight is 323 g/mol. The molecule has 0 radical (unpaired) electrons. The number of carbonyl (C=O) groups is 1. The van der Waals surface area contributed by atoms with Crippen LogP contribution in [0.3, 0.4) is 0 Å². The van der Waals surface area contributed by atoms with Gasteiger partial charge in [-0.2, -0.15) is 0 Å². The van der Waals surface area contributed by atoms with Gasteiger partial charge in [-0.3, -0.25) is 4.79 Å². The van der Waals surface area contributed by atoms with Crippen LogP contribution in [0.2, 0.25) is 0 Å². The van der Waals surface area contributed by atoms with Gasteiger partial charge in [0, 0.05) is 31.4 Å². The van der Waals surface area contributed by atoms with Crippen LogP contribution in [0.15, 0.2) is 48.7 Å². The first-order valence-electron chi connectivity index (χ1n) is 8.81. The van der Waals surface area contributed by atoms with Gasteiger partial charge in [-0.15, -0.1) is 0 Å². The molecule has 0 N–H and O–H groups in total. The Morgan fingerprint density at radius 3 is 2.54 bits per heavy atom. The van der Waals surface area contributed by atoms with E-state index < -0.39 is 0 Å². The maximum absolute atomic E-state index is 12.8. The van der Waals surface area contributed by atoms with Crippen LogP contribution in [0.25, 0.3) is 0 Å². The molecule has 0 saturated carbocycles. The van der Waals surface area contributed by atoms with Crippen molar-refractivity contribution in [1.82, 2.24) is 9.88 Å². The Hall–Kier alpha value is -2.36. The van der Waals surface area contributed by atoms with Crippen LogP contribution in [0, 0.1) is 0 Å². The molecule has 4 nitrogen and oxygen atoms in total. The predicted octanol–water partition coefficient (Wildman–Crippen LogP) is 3.91. The van der Waals surface area contributed by atoms with Crippen LogP contribution in [0.4, 0.5) is 5.82 Å². The summed E-state index contributed by atoms with van der Waals surface area (Å²) in [5.41, 5.74) is 1.89. The van der Waals surface area contributed by atoms with Crippen molar-refractivity contribution in [2.24, 2.45) is 0 Å². The number of likely N-dealkylation sites (tertiary alicyclic amines) is 1. The van der Waals surface area contributed by atoms with Gasteiger partial charge in [0.25, 0.3) is 5.91 Å². The standard InChI is InChI=1S/C20H25N3O/c1-3-22(4-2)19-13-12-17(15-21-19)18-11-8-14-23(18)20(24)16-9-6-5-7-10-16/h5-7,9-10,12-13,15,18H,3-4,8,11,14H2,1-2H3. The van der Waals surface area contributed by atoms with Gasteiger partial charge >= 0.3 is 0 Å². The monoisotopic (exact) mass is 323 g/mol. The zero-order chi connectivity index (χ0) is 16.9. The van der Waals surface area contributed by atoms with E-state index in [0.717, 1.165) is 49.4 Å². The number of benzene rings is 1. The van der Waals surface area contributed by atoms with E-state index in [1.807, 2.05) is 41.4 Å². The van der Waals surface area contributed by atoms with E-state index in [1.165, 1.54) is 0 Å². The lowest BCUT2D eigenvalue weighted by Crippen LogP contribution is -2.30. The highest BCUT2D eigenvalue weighted by Gasteiger charge is 2.30. The molecule has 4 heteroatoms. The summed E-state index contributed by atoms with van der Waals surface area (Å²) in [7, 11) is 0. The topological polar surface area (TPSA) is 36.4 Å². The van der Waals surface area contributed by atoms with Crippen LogP contribution < -0.4 is 4.90 Å². The zero-order valence-corrected chi connectivity index (χ0v) is 14.5. The summed E-state index contributed by atoms with van der Waals surface area (Å²) in [5, 5.41) is 0. The predicted molar refractivity (Wildman–Crippen MR) is 97.3 cm³/mol. The number of carbonyl (C=O) groups excluding carboxylic acids is 1. The summed E-state index contributed by atoms with van der Waals surface area (Å²) in [4.78, 5) is 21.6. The molecule has 1 fully saturated rings. The van der Waals surface area contributed by atoms with Crippen LogP contribution in [0.5, 0.6) is 0 Å². The van der Waals surface area contributed by atoms with Crippen molar-refractivity contribution in [3.8, 4) is 0 Å². The SMILES string of the molecule is CCN(CC)c1ccc(C2CCCN2C(=O)c2ccccc2)cn1. The number of aromatic nitrogens is 1. The molecule has 1 atom stereocenters. The van der Waals surface area contributed by atoms with E-state index in [-0.39, 0.29) is 11.9 Å². The van der Waals surface area contributed by atoms with Crippen molar-refractivity contribution in [2.45, 2.75) is 32.7 Å². The molecule has 1 aliphatic rings. The second kappa shape index (κ2) is 7.47. The molecule has 2 aromatic rings. The fraction of sp³-hybridized carbons (Fsp3) is 0.400. The molecule has 1 unspecified atom stereocenters. The lowest BCUT2D eigenvalue weighted by Gasteiger charge is -2.26. The third-order valence-electron chi connectivity index (χ3n) is 4.78. The van der Waals surface area contributed by atoms with Gasteiger partial charge in [-0.1, -0.05) is 24.3 Å². The molecule has 126 valence electrons. The van der Waals surface area contributed by atoms with Gasteiger partial charge in [-0.05, 0) is 50.5 Å². The highest BCUT2D eigenvalue weighted by molar-refractivity contribution is 5.94. The molecular formula is C20H25N3O. The summed E-state index contributed by atoms with van der Waals surface area (Å²) < 4.78 is 0. The minimum atomic E-state index is 0.117. The first-order chi connectivity index (χ1) is 11.7. The summed E-state index contributed by atoms with van der Waals surface area (Å²) in [6.45, 7) is 6.98. The Balaban J connectivity index is 1.79. The average Bonchev–Trinajstić information content (AvgIpc) is 3.13. The third-order valence-corrected chi connectivity index (χ3v) is 4.78. The Morgan fingerprint density at radius 1 is 1.17 bits per heavy atom. The molecule has 1 amide bonds. The maximum Gasteiger partial charge on any atom is 0.254 e. The molecule has 1 aromatic heterocycles. The Morgan fingerprint density at radius 2 is 1.92 bits per heavy atom. The normalized spacial score (nSPS) is 17.1. The molecule has 1 aliphatic heterocycles. The number of nitrogens with zero attached hydrogens (tertiary/aromatic N) is 3. The van der Waals surface area contributed by atoms with Crippen molar-refractivity contribution < 1.29 is 4.79 Å². The van der Waals surface area contributed by atoms with Crippen LogP contribution in [-0.4, -0.2) is 35.4 Å². The summed E-state index contributed by atoms with van der Waals surface area (Å²) in [6, 6.07) is 13.9. The fourth-order valence-electron chi connectivity index (χ4n) is 3.43. The van der Waals surface area contributed by atoms with Crippen LogP contribution in [-0.2, 0) is 0 Å². The van der Waals surface area contributed by atoms with Gasteiger partial charge in [0.1, 0.15) is 5.82 Å². The van der Waals surface area contributed by atoms with E-state index in [2.05, 4.69) is 35.9 Å².